The number of anilines is 1. The second-order valence-electron chi connectivity index (χ2n) is 6.68. The van der Waals surface area contributed by atoms with Gasteiger partial charge >= 0.3 is 0 Å². The molecule has 6 nitrogen and oxygen atoms in total. The fraction of sp³-hybridized carbons (Fsp3) is 0.190. The van der Waals surface area contributed by atoms with Gasteiger partial charge in [-0.15, -0.1) is 0 Å². The van der Waals surface area contributed by atoms with E-state index < -0.39 is 17.1 Å². The topological polar surface area (TPSA) is 86.7 Å². The Balaban J connectivity index is 1.72. The molecular formula is C21H20N2O4S. The highest BCUT2D eigenvalue weighted by molar-refractivity contribution is 8.18. The molecule has 144 valence electrons. The van der Waals surface area contributed by atoms with Crippen molar-refractivity contribution in [2.75, 3.05) is 11.9 Å². The number of thioether (sulfide) groups is 1. The van der Waals surface area contributed by atoms with Crippen LogP contribution in [0.3, 0.4) is 0 Å². The molecule has 2 aromatic carbocycles. The zero-order valence-electron chi connectivity index (χ0n) is 15.8. The zero-order valence-corrected chi connectivity index (χ0v) is 16.6. The summed E-state index contributed by atoms with van der Waals surface area (Å²) in [4.78, 5) is 38.1. The van der Waals surface area contributed by atoms with Crippen molar-refractivity contribution >= 4 is 40.6 Å². The molecule has 1 heterocycles. The minimum absolute atomic E-state index is 0.0184. The summed E-state index contributed by atoms with van der Waals surface area (Å²) in [6.07, 6.45) is 1.47. The average molecular weight is 396 g/mol. The molecule has 0 spiro atoms. The second kappa shape index (κ2) is 7.90. The molecule has 7 heteroatoms. The Morgan fingerprint density at radius 1 is 1.11 bits per heavy atom. The predicted molar refractivity (Wildman–Crippen MR) is 110 cm³/mol. The van der Waals surface area contributed by atoms with E-state index in [0.717, 1.165) is 33.4 Å². The normalized spacial score (nSPS) is 15.4. The maximum absolute atomic E-state index is 12.6. The SMILES string of the molecule is Cc1ccc(O)c(/C=C2/SC(=O)N(CC(=O)Nc3ccc(C)c(C)c3)C2=O)c1. The molecule has 2 N–H and O–H groups in total. The van der Waals surface area contributed by atoms with Crippen LogP contribution in [0.4, 0.5) is 10.5 Å². The maximum atomic E-state index is 12.6. The maximum Gasteiger partial charge on any atom is 0.294 e. The Hall–Kier alpha value is -3.06. The Morgan fingerprint density at radius 2 is 1.86 bits per heavy atom. The molecule has 0 bridgehead atoms. The van der Waals surface area contributed by atoms with E-state index in [1.165, 1.54) is 12.1 Å². The molecule has 2 aromatic rings. The summed E-state index contributed by atoms with van der Waals surface area (Å²) in [5, 5.41) is 12.1. The Kier molecular flexibility index (Phi) is 5.56. The number of carbonyl (C=O) groups is 3. The summed E-state index contributed by atoms with van der Waals surface area (Å²) >= 11 is 0.751. The van der Waals surface area contributed by atoms with Crippen LogP contribution in [0.15, 0.2) is 41.3 Å². The van der Waals surface area contributed by atoms with Crippen molar-refractivity contribution in [1.29, 1.82) is 0 Å². The summed E-state index contributed by atoms with van der Waals surface area (Å²) in [5.41, 5.74) is 4.11. The number of benzene rings is 2. The van der Waals surface area contributed by atoms with Crippen LogP contribution in [0.2, 0.25) is 0 Å². The Bertz CT molecular complexity index is 1010. The minimum Gasteiger partial charge on any atom is -0.507 e. The van der Waals surface area contributed by atoms with Crippen LogP contribution >= 0.6 is 11.8 Å². The van der Waals surface area contributed by atoms with Gasteiger partial charge in [0.1, 0.15) is 12.3 Å². The number of nitrogens with one attached hydrogen (secondary N) is 1. The van der Waals surface area contributed by atoms with Crippen LogP contribution in [0.25, 0.3) is 6.08 Å². The highest BCUT2D eigenvalue weighted by Gasteiger charge is 2.36. The number of hydrogen-bond donors (Lipinski definition) is 2. The second-order valence-corrected chi connectivity index (χ2v) is 7.67. The molecule has 0 atom stereocenters. The van der Waals surface area contributed by atoms with Crippen LogP contribution in [-0.2, 0) is 9.59 Å². The third-order valence-corrected chi connectivity index (χ3v) is 5.34. The number of imide groups is 1. The highest BCUT2D eigenvalue weighted by Crippen LogP contribution is 2.33. The van der Waals surface area contributed by atoms with Gasteiger partial charge in [0.2, 0.25) is 5.91 Å². The first-order valence-corrected chi connectivity index (χ1v) is 9.48. The lowest BCUT2D eigenvalue weighted by Crippen LogP contribution is -2.36. The largest absolute Gasteiger partial charge is 0.507 e. The first-order chi connectivity index (χ1) is 13.2. The molecule has 0 radical (unpaired) electrons. The third kappa shape index (κ3) is 4.26. The van der Waals surface area contributed by atoms with E-state index in [1.807, 2.05) is 32.9 Å². The van der Waals surface area contributed by atoms with Crippen molar-refractivity contribution in [3.63, 3.8) is 0 Å². The van der Waals surface area contributed by atoms with E-state index in [0.29, 0.717) is 11.3 Å². The molecule has 1 saturated heterocycles. The van der Waals surface area contributed by atoms with Crippen molar-refractivity contribution in [3.8, 4) is 5.75 Å². The molecule has 0 aromatic heterocycles. The Morgan fingerprint density at radius 3 is 2.57 bits per heavy atom. The number of aryl methyl sites for hydroxylation is 3. The molecule has 3 rings (SSSR count). The minimum atomic E-state index is -0.550. The van der Waals surface area contributed by atoms with E-state index >= 15 is 0 Å². The number of hydrogen-bond acceptors (Lipinski definition) is 5. The van der Waals surface area contributed by atoms with Crippen molar-refractivity contribution in [2.24, 2.45) is 0 Å². The number of aromatic hydroxyl groups is 1. The lowest BCUT2D eigenvalue weighted by molar-refractivity contribution is -0.127. The molecular weight excluding hydrogens is 376 g/mol. The molecule has 0 saturated carbocycles. The fourth-order valence-electron chi connectivity index (χ4n) is 2.73. The Labute approximate surface area is 167 Å². The molecule has 1 aliphatic heterocycles. The van der Waals surface area contributed by atoms with Gasteiger partial charge in [-0.2, -0.15) is 0 Å². The molecule has 1 aliphatic rings. The molecule has 28 heavy (non-hydrogen) atoms. The number of phenolic OH excluding ortho intramolecular Hbond substituents is 1. The third-order valence-electron chi connectivity index (χ3n) is 4.44. The first-order valence-electron chi connectivity index (χ1n) is 8.66. The smallest absolute Gasteiger partial charge is 0.294 e. The van der Waals surface area contributed by atoms with Crippen LogP contribution in [0.1, 0.15) is 22.3 Å². The van der Waals surface area contributed by atoms with Crippen molar-refractivity contribution in [1.82, 2.24) is 4.90 Å². The molecule has 3 amide bonds. The van der Waals surface area contributed by atoms with Gasteiger partial charge in [-0.05, 0) is 74.0 Å². The van der Waals surface area contributed by atoms with Crippen molar-refractivity contribution in [2.45, 2.75) is 20.8 Å². The van der Waals surface area contributed by atoms with Crippen molar-refractivity contribution < 1.29 is 19.5 Å². The molecule has 0 unspecified atom stereocenters. The lowest BCUT2D eigenvalue weighted by Gasteiger charge is -2.13. The van der Waals surface area contributed by atoms with Crippen LogP contribution < -0.4 is 5.32 Å². The van der Waals surface area contributed by atoms with Crippen LogP contribution in [-0.4, -0.2) is 33.6 Å². The average Bonchev–Trinajstić information content (AvgIpc) is 2.89. The number of rotatable bonds is 4. The standard InChI is InChI=1S/C21H20N2O4S/c1-12-4-7-17(24)15(8-12)10-18-20(26)23(21(27)28-18)11-19(25)22-16-6-5-13(2)14(3)9-16/h4-10,24H,11H2,1-3H3,(H,22,25)/b18-10+. The van der Waals surface area contributed by atoms with Gasteiger partial charge in [0, 0.05) is 11.3 Å². The summed E-state index contributed by atoms with van der Waals surface area (Å²) in [6.45, 7) is 5.40. The van der Waals surface area contributed by atoms with Gasteiger partial charge in [-0.25, -0.2) is 0 Å². The van der Waals surface area contributed by atoms with Gasteiger partial charge in [-0.1, -0.05) is 17.7 Å². The van der Waals surface area contributed by atoms with Gasteiger partial charge in [0.15, 0.2) is 0 Å². The fourth-order valence-corrected chi connectivity index (χ4v) is 3.56. The quantitative estimate of drug-likeness (QED) is 0.763. The van der Waals surface area contributed by atoms with Gasteiger partial charge in [0.05, 0.1) is 4.91 Å². The van der Waals surface area contributed by atoms with E-state index in [9.17, 15) is 19.5 Å². The summed E-state index contributed by atoms with van der Waals surface area (Å²) in [5.74, 6) is -0.985. The number of amides is 3. The lowest BCUT2D eigenvalue weighted by atomic mass is 10.1. The van der Waals surface area contributed by atoms with Gasteiger partial charge in [-0.3, -0.25) is 19.3 Å². The molecule has 1 fully saturated rings. The number of carbonyl (C=O) groups excluding carboxylic acids is 3. The predicted octanol–water partition coefficient (Wildman–Crippen LogP) is 3.99. The highest BCUT2D eigenvalue weighted by atomic mass is 32.2. The number of phenols is 1. The van der Waals surface area contributed by atoms with E-state index in [-0.39, 0.29) is 17.2 Å². The first kappa shape index (κ1) is 19.7. The van der Waals surface area contributed by atoms with E-state index in [4.69, 9.17) is 0 Å². The van der Waals surface area contributed by atoms with E-state index in [1.54, 1.807) is 18.2 Å². The zero-order chi connectivity index (χ0) is 20.4. The summed E-state index contributed by atoms with van der Waals surface area (Å²) in [7, 11) is 0. The van der Waals surface area contributed by atoms with Crippen LogP contribution in [0.5, 0.6) is 5.75 Å². The van der Waals surface area contributed by atoms with Crippen molar-refractivity contribution in [3.05, 3.63) is 63.6 Å². The van der Waals surface area contributed by atoms with Gasteiger partial charge < -0.3 is 10.4 Å². The monoisotopic (exact) mass is 396 g/mol. The summed E-state index contributed by atoms with van der Waals surface area (Å²) < 4.78 is 0. The van der Waals surface area contributed by atoms with E-state index in [2.05, 4.69) is 5.32 Å². The summed E-state index contributed by atoms with van der Waals surface area (Å²) in [6, 6.07) is 10.5. The van der Waals surface area contributed by atoms with Gasteiger partial charge in [0.25, 0.3) is 11.1 Å². The van der Waals surface area contributed by atoms with Crippen LogP contribution in [0, 0.1) is 20.8 Å². The number of nitrogens with zero attached hydrogens (tertiary/aromatic N) is 1. The molecule has 0 aliphatic carbocycles.